The van der Waals surface area contributed by atoms with Gasteiger partial charge in [-0.25, -0.2) is 12.7 Å². The largest absolute Gasteiger partial charge is 0.496 e. The minimum absolute atomic E-state index is 0. The Labute approximate surface area is 220 Å². The van der Waals surface area contributed by atoms with Crippen molar-refractivity contribution in [3.05, 3.63) is 72.3 Å². The second-order valence-electron chi connectivity index (χ2n) is 9.36. The van der Waals surface area contributed by atoms with Crippen molar-refractivity contribution in [2.45, 2.75) is 38.5 Å². The SMILES string of the molecule is C.COc1ccc(CC(=O)C2(C)CC2)cc1-c1ccc(S(=O)(=O)N(C)C)cc1.c1ccc2c(c1)OCO2. The van der Waals surface area contributed by atoms with Gasteiger partial charge in [0.05, 0.1) is 12.0 Å². The maximum Gasteiger partial charge on any atom is 0.242 e. The van der Waals surface area contributed by atoms with Gasteiger partial charge in [-0.2, -0.15) is 0 Å². The number of hydrogen-bond donors (Lipinski definition) is 0. The number of hydrogen-bond acceptors (Lipinski definition) is 6. The number of para-hydroxylation sites is 2. The summed E-state index contributed by atoms with van der Waals surface area (Å²) < 4.78 is 41.3. The third kappa shape index (κ3) is 6.32. The molecule has 2 aliphatic rings. The molecule has 198 valence electrons. The van der Waals surface area contributed by atoms with Crippen LogP contribution >= 0.6 is 0 Å². The van der Waals surface area contributed by atoms with Gasteiger partial charge in [0.2, 0.25) is 16.8 Å². The van der Waals surface area contributed by atoms with Gasteiger partial charge in [0.15, 0.2) is 11.5 Å². The molecule has 3 aromatic rings. The predicted molar refractivity (Wildman–Crippen MR) is 145 cm³/mol. The second kappa shape index (κ2) is 11.4. The Kier molecular flexibility index (Phi) is 8.66. The van der Waals surface area contributed by atoms with E-state index < -0.39 is 10.0 Å². The molecule has 7 nitrogen and oxygen atoms in total. The number of carbonyl (C=O) groups excluding carboxylic acids is 1. The lowest BCUT2D eigenvalue weighted by atomic mass is 9.94. The van der Waals surface area contributed by atoms with Gasteiger partial charge >= 0.3 is 0 Å². The number of methoxy groups -OCH3 is 1. The fraction of sp³-hybridized carbons (Fsp3) is 0.345. The summed E-state index contributed by atoms with van der Waals surface area (Å²) >= 11 is 0. The molecule has 1 fully saturated rings. The number of nitrogens with zero attached hydrogens (tertiary/aromatic N) is 1. The van der Waals surface area contributed by atoms with Crippen LogP contribution < -0.4 is 14.2 Å². The molecule has 0 bridgehead atoms. The van der Waals surface area contributed by atoms with E-state index in [1.54, 1.807) is 31.4 Å². The average molecular weight is 526 g/mol. The summed E-state index contributed by atoms with van der Waals surface area (Å²) in [5.41, 5.74) is 2.48. The van der Waals surface area contributed by atoms with Crippen molar-refractivity contribution in [1.82, 2.24) is 4.31 Å². The lowest BCUT2D eigenvalue weighted by molar-refractivity contribution is -0.122. The van der Waals surface area contributed by atoms with Crippen LogP contribution in [-0.2, 0) is 21.2 Å². The number of fused-ring (bicyclic) bond motifs is 1. The van der Waals surface area contributed by atoms with E-state index in [1.165, 1.54) is 18.4 Å². The van der Waals surface area contributed by atoms with Crippen molar-refractivity contribution >= 4 is 15.8 Å². The Bertz CT molecular complexity index is 1320. The lowest BCUT2D eigenvalue weighted by Gasteiger charge is -2.14. The van der Waals surface area contributed by atoms with Crippen molar-refractivity contribution < 1.29 is 27.4 Å². The fourth-order valence-electron chi connectivity index (χ4n) is 3.82. The van der Waals surface area contributed by atoms with Crippen molar-refractivity contribution in [1.29, 1.82) is 0 Å². The predicted octanol–water partition coefficient (Wildman–Crippen LogP) is 5.58. The molecule has 1 aliphatic carbocycles. The number of sulfonamides is 1. The number of carbonyl (C=O) groups is 1. The lowest BCUT2D eigenvalue weighted by Crippen LogP contribution is -2.22. The van der Waals surface area contributed by atoms with Gasteiger partial charge < -0.3 is 14.2 Å². The zero-order valence-electron chi connectivity index (χ0n) is 21.0. The number of ether oxygens (including phenoxy) is 3. The summed E-state index contributed by atoms with van der Waals surface area (Å²) in [5, 5.41) is 0. The van der Waals surface area contributed by atoms with Crippen molar-refractivity contribution in [3.8, 4) is 28.4 Å². The van der Waals surface area contributed by atoms with Gasteiger partial charge in [-0.15, -0.1) is 0 Å². The Morgan fingerprint density at radius 1 is 0.973 bits per heavy atom. The Morgan fingerprint density at radius 2 is 1.57 bits per heavy atom. The van der Waals surface area contributed by atoms with Crippen molar-refractivity contribution in [3.63, 3.8) is 0 Å². The normalized spacial score (nSPS) is 14.7. The van der Waals surface area contributed by atoms with Crippen LogP contribution in [0.3, 0.4) is 0 Å². The molecule has 0 saturated heterocycles. The molecule has 5 rings (SSSR count). The molecule has 0 N–H and O–H groups in total. The highest BCUT2D eigenvalue weighted by Gasteiger charge is 2.43. The van der Waals surface area contributed by atoms with E-state index in [2.05, 4.69) is 0 Å². The molecule has 1 aliphatic heterocycles. The molecule has 0 radical (unpaired) electrons. The highest BCUT2D eigenvalue weighted by atomic mass is 32.2. The highest BCUT2D eigenvalue weighted by molar-refractivity contribution is 7.89. The Hall–Kier alpha value is -3.36. The van der Waals surface area contributed by atoms with E-state index in [4.69, 9.17) is 14.2 Å². The van der Waals surface area contributed by atoms with E-state index in [9.17, 15) is 13.2 Å². The van der Waals surface area contributed by atoms with Gasteiger partial charge in [-0.1, -0.05) is 44.7 Å². The first-order valence-electron chi connectivity index (χ1n) is 11.7. The third-order valence-corrected chi connectivity index (χ3v) is 8.35. The van der Waals surface area contributed by atoms with Crippen LogP contribution in [0.25, 0.3) is 11.1 Å². The van der Waals surface area contributed by atoms with Gasteiger partial charge in [0.1, 0.15) is 11.5 Å². The van der Waals surface area contributed by atoms with Gasteiger partial charge in [0.25, 0.3) is 0 Å². The number of Topliss-reactive ketones (excluding diaryl/α,β-unsaturated/α-hetero) is 1. The summed E-state index contributed by atoms with van der Waals surface area (Å²) in [6.45, 7) is 2.38. The van der Waals surface area contributed by atoms with Crippen LogP contribution in [0, 0.1) is 5.41 Å². The van der Waals surface area contributed by atoms with Gasteiger partial charge in [0, 0.05) is 31.5 Å². The topological polar surface area (TPSA) is 82.1 Å². The molecule has 0 amide bonds. The van der Waals surface area contributed by atoms with Crippen LogP contribution in [0.1, 0.15) is 32.8 Å². The quantitative estimate of drug-likeness (QED) is 0.401. The molecular formula is C29H35NO6S. The monoisotopic (exact) mass is 525 g/mol. The first-order chi connectivity index (χ1) is 17.1. The molecule has 0 spiro atoms. The maximum atomic E-state index is 12.4. The zero-order valence-corrected chi connectivity index (χ0v) is 21.8. The number of rotatable bonds is 7. The van der Waals surface area contributed by atoms with Crippen molar-refractivity contribution in [2.75, 3.05) is 28.0 Å². The smallest absolute Gasteiger partial charge is 0.242 e. The Morgan fingerprint density at radius 3 is 2.08 bits per heavy atom. The first-order valence-corrected chi connectivity index (χ1v) is 13.2. The van der Waals surface area contributed by atoms with Crippen LogP contribution in [0.15, 0.2) is 71.6 Å². The standard InChI is InChI=1S/C21H25NO4S.C7H6O2.CH4/c1-21(11-12-21)20(23)14-15-5-10-19(26-4)18(13-15)16-6-8-17(9-7-16)27(24,25)22(2)3;1-2-4-7-6(3-1)8-5-9-7;/h5-10,13H,11-12,14H2,1-4H3;1-4H,5H2;1H4. The molecule has 0 aromatic heterocycles. The van der Waals surface area contributed by atoms with Crippen LogP contribution in [0.2, 0.25) is 0 Å². The fourth-order valence-corrected chi connectivity index (χ4v) is 4.72. The molecular weight excluding hydrogens is 490 g/mol. The van der Waals surface area contributed by atoms with Gasteiger partial charge in [-0.3, -0.25) is 4.79 Å². The average Bonchev–Trinajstić information content (AvgIpc) is 3.46. The van der Waals surface area contributed by atoms with Gasteiger partial charge in [-0.05, 0) is 60.4 Å². The molecule has 0 unspecified atom stereocenters. The second-order valence-corrected chi connectivity index (χ2v) is 11.5. The number of ketones is 1. The van der Waals surface area contributed by atoms with Crippen LogP contribution in [-0.4, -0.2) is 46.5 Å². The van der Waals surface area contributed by atoms with Crippen LogP contribution in [0.4, 0.5) is 0 Å². The molecule has 1 saturated carbocycles. The minimum atomic E-state index is -3.47. The molecule has 1 heterocycles. The summed E-state index contributed by atoms with van der Waals surface area (Å²) in [4.78, 5) is 12.7. The summed E-state index contributed by atoms with van der Waals surface area (Å²) in [7, 11) is 1.14. The summed E-state index contributed by atoms with van der Waals surface area (Å²) in [5.74, 6) is 2.65. The zero-order chi connectivity index (χ0) is 25.9. The summed E-state index contributed by atoms with van der Waals surface area (Å²) in [6.07, 6.45) is 2.34. The summed E-state index contributed by atoms with van der Waals surface area (Å²) in [6, 6.07) is 20.1. The Balaban J connectivity index is 0.000000318. The minimum Gasteiger partial charge on any atom is -0.496 e. The number of benzene rings is 3. The molecule has 3 aromatic carbocycles. The van der Waals surface area contributed by atoms with E-state index in [1.807, 2.05) is 49.4 Å². The third-order valence-electron chi connectivity index (χ3n) is 6.52. The van der Waals surface area contributed by atoms with Crippen LogP contribution in [0.5, 0.6) is 17.2 Å². The molecule has 8 heteroatoms. The first kappa shape index (κ1) is 28.2. The molecule has 37 heavy (non-hydrogen) atoms. The highest BCUT2D eigenvalue weighted by Crippen LogP contribution is 2.46. The molecule has 0 atom stereocenters. The van der Waals surface area contributed by atoms with Crippen molar-refractivity contribution in [2.24, 2.45) is 5.41 Å². The van der Waals surface area contributed by atoms with E-state index in [0.717, 1.165) is 41.0 Å². The maximum absolute atomic E-state index is 12.4. The van der Waals surface area contributed by atoms with E-state index >= 15 is 0 Å². The van der Waals surface area contributed by atoms with E-state index in [0.29, 0.717) is 19.0 Å². The van der Waals surface area contributed by atoms with E-state index in [-0.39, 0.29) is 23.5 Å².